The topological polar surface area (TPSA) is 55.1 Å². The van der Waals surface area contributed by atoms with E-state index in [-0.39, 0.29) is 11.3 Å². The molecule has 1 atom stereocenters. The lowest BCUT2D eigenvalue weighted by molar-refractivity contribution is -0.131. The van der Waals surface area contributed by atoms with Gasteiger partial charge < -0.3 is 11.1 Å². The molecule has 0 aromatic heterocycles. The van der Waals surface area contributed by atoms with Crippen molar-refractivity contribution >= 4 is 17.7 Å². The van der Waals surface area contributed by atoms with Crippen LogP contribution < -0.4 is 11.1 Å². The molecule has 0 spiro atoms. The average Bonchev–Trinajstić information content (AvgIpc) is 2.61. The Morgan fingerprint density at radius 1 is 1.35 bits per heavy atom. The van der Waals surface area contributed by atoms with Gasteiger partial charge in [0, 0.05) is 18.3 Å². The summed E-state index contributed by atoms with van der Waals surface area (Å²) in [6.45, 7) is 3.38. The highest BCUT2D eigenvalue weighted by atomic mass is 32.2. The molecule has 0 radical (unpaired) electrons. The Morgan fingerprint density at radius 3 is 2.41 bits per heavy atom. The van der Waals surface area contributed by atoms with Crippen LogP contribution in [0.25, 0.3) is 0 Å². The number of hydrogen-bond acceptors (Lipinski definition) is 3. The first-order valence-electron chi connectivity index (χ1n) is 6.66. The van der Waals surface area contributed by atoms with E-state index in [0.717, 1.165) is 32.2 Å². The standard InChI is InChI=1S/C13H26N2OS/c1-11(17-2)9-15-12(16)13(10-14)7-5-3-4-6-8-13/h11H,3-10,14H2,1-2H3,(H,15,16). The molecule has 1 aliphatic rings. The Hall–Kier alpha value is -0.220. The molecule has 1 amide bonds. The van der Waals surface area contributed by atoms with Gasteiger partial charge in [-0.1, -0.05) is 32.6 Å². The van der Waals surface area contributed by atoms with Crippen molar-refractivity contribution in [3.8, 4) is 0 Å². The van der Waals surface area contributed by atoms with E-state index in [4.69, 9.17) is 5.73 Å². The lowest BCUT2D eigenvalue weighted by Gasteiger charge is -2.30. The highest BCUT2D eigenvalue weighted by Crippen LogP contribution is 2.34. The number of amides is 1. The number of nitrogens with two attached hydrogens (primary N) is 1. The normalized spacial score (nSPS) is 21.6. The lowest BCUT2D eigenvalue weighted by Crippen LogP contribution is -2.47. The monoisotopic (exact) mass is 258 g/mol. The van der Waals surface area contributed by atoms with Crippen molar-refractivity contribution in [3.63, 3.8) is 0 Å². The Morgan fingerprint density at radius 2 is 1.94 bits per heavy atom. The second-order valence-corrected chi connectivity index (χ2v) is 6.43. The molecule has 4 heteroatoms. The molecule has 1 fully saturated rings. The third-order valence-electron chi connectivity index (χ3n) is 3.89. The van der Waals surface area contributed by atoms with Crippen LogP contribution in [-0.2, 0) is 4.79 Å². The Labute approximate surface area is 109 Å². The number of nitrogens with one attached hydrogen (secondary N) is 1. The van der Waals surface area contributed by atoms with Crippen LogP contribution in [-0.4, -0.2) is 30.5 Å². The fourth-order valence-electron chi connectivity index (χ4n) is 2.44. The Balaban J connectivity index is 2.55. The van der Waals surface area contributed by atoms with E-state index >= 15 is 0 Å². The molecular weight excluding hydrogens is 232 g/mol. The van der Waals surface area contributed by atoms with Crippen molar-refractivity contribution in [3.05, 3.63) is 0 Å². The lowest BCUT2D eigenvalue weighted by atomic mass is 9.79. The predicted molar refractivity (Wildman–Crippen MR) is 75.2 cm³/mol. The second-order valence-electron chi connectivity index (χ2n) is 5.16. The van der Waals surface area contributed by atoms with Crippen molar-refractivity contribution in [1.82, 2.24) is 5.32 Å². The molecule has 1 aliphatic carbocycles. The first-order chi connectivity index (χ1) is 8.14. The molecule has 1 saturated carbocycles. The summed E-state index contributed by atoms with van der Waals surface area (Å²) < 4.78 is 0. The summed E-state index contributed by atoms with van der Waals surface area (Å²) in [6.07, 6.45) is 8.77. The zero-order chi connectivity index (χ0) is 12.7. The van der Waals surface area contributed by atoms with Crippen LogP contribution in [0.4, 0.5) is 0 Å². The number of carbonyl (C=O) groups is 1. The van der Waals surface area contributed by atoms with Gasteiger partial charge in [0.2, 0.25) is 5.91 Å². The molecule has 3 N–H and O–H groups in total. The van der Waals surface area contributed by atoms with Crippen molar-refractivity contribution in [2.24, 2.45) is 11.1 Å². The van der Waals surface area contributed by atoms with Gasteiger partial charge in [0.05, 0.1) is 5.41 Å². The van der Waals surface area contributed by atoms with E-state index in [9.17, 15) is 4.79 Å². The highest BCUT2D eigenvalue weighted by Gasteiger charge is 2.36. The molecule has 3 nitrogen and oxygen atoms in total. The molecule has 0 saturated heterocycles. The molecule has 0 aromatic carbocycles. The summed E-state index contributed by atoms with van der Waals surface area (Å²) in [5.74, 6) is 0.183. The van der Waals surface area contributed by atoms with Crippen LogP contribution in [0.15, 0.2) is 0 Å². The molecule has 17 heavy (non-hydrogen) atoms. The maximum Gasteiger partial charge on any atom is 0.227 e. The molecule has 0 aromatic rings. The zero-order valence-electron chi connectivity index (χ0n) is 11.1. The minimum absolute atomic E-state index is 0.183. The SMILES string of the molecule is CSC(C)CNC(=O)C1(CN)CCCCCC1. The fraction of sp³-hybridized carbons (Fsp3) is 0.923. The smallest absolute Gasteiger partial charge is 0.227 e. The molecule has 0 heterocycles. The van der Waals surface area contributed by atoms with Crippen LogP contribution in [0.2, 0.25) is 0 Å². The van der Waals surface area contributed by atoms with E-state index in [1.807, 2.05) is 0 Å². The molecule has 100 valence electrons. The van der Waals surface area contributed by atoms with E-state index < -0.39 is 0 Å². The van der Waals surface area contributed by atoms with Gasteiger partial charge in [0.25, 0.3) is 0 Å². The van der Waals surface area contributed by atoms with Crippen molar-refractivity contribution in [2.45, 2.75) is 50.7 Å². The molecule has 1 rings (SSSR count). The van der Waals surface area contributed by atoms with E-state index in [1.165, 1.54) is 12.8 Å². The quantitative estimate of drug-likeness (QED) is 0.743. The fourth-order valence-corrected chi connectivity index (χ4v) is 2.69. The zero-order valence-corrected chi connectivity index (χ0v) is 11.9. The van der Waals surface area contributed by atoms with E-state index in [2.05, 4.69) is 18.5 Å². The first kappa shape index (κ1) is 14.8. The number of thioether (sulfide) groups is 1. The third-order valence-corrected chi connectivity index (χ3v) is 4.86. The van der Waals surface area contributed by atoms with Crippen LogP contribution in [0.3, 0.4) is 0 Å². The summed E-state index contributed by atoms with van der Waals surface area (Å²) in [7, 11) is 0. The van der Waals surface area contributed by atoms with E-state index in [1.54, 1.807) is 11.8 Å². The van der Waals surface area contributed by atoms with Gasteiger partial charge in [-0.05, 0) is 19.1 Å². The Bertz CT molecular complexity index is 238. The van der Waals surface area contributed by atoms with Crippen LogP contribution in [0.1, 0.15) is 45.4 Å². The number of carbonyl (C=O) groups excluding carboxylic acids is 1. The second kappa shape index (κ2) is 7.27. The van der Waals surface area contributed by atoms with Gasteiger partial charge in [0.1, 0.15) is 0 Å². The number of hydrogen-bond donors (Lipinski definition) is 2. The van der Waals surface area contributed by atoms with Crippen molar-refractivity contribution in [2.75, 3.05) is 19.3 Å². The summed E-state index contributed by atoms with van der Waals surface area (Å²) in [6, 6.07) is 0. The van der Waals surface area contributed by atoms with Crippen LogP contribution in [0, 0.1) is 5.41 Å². The maximum atomic E-state index is 12.3. The van der Waals surface area contributed by atoms with Gasteiger partial charge >= 0.3 is 0 Å². The minimum atomic E-state index is -0.283. The predicted octanol–water partition coefficient (Wildman–Crippen LogP) is 2.15. The highest BCUT2D eigenvalue weighted by molar-refractivity contribution is 7.99. The largest absolute Gasteiger partial charge is 0.354 e. The minimum Gasteiger partial charge on any atom is -0.354 e. The molecular formula is C13H26N2OS. The van der Waals surface area contributed by atoms with Gasteiger partial charge in [-0.3, -0.25) is 4.79 Å². The van der Waals surface area contributed by atoms with Gasteiger partial charge in [-0.25, -0.2) is 0 Å². The summed E-state index contributed by atoms with van der Waals surface area (Å²) in [5, 5.41) is 3.55. The summed E-state index contributed by atoms with van der Waals surface area (Å²) in [4.78, 5) is 12.3. The van der Waals surface area contributed by atoms with Gasteiger partial charge in [-0.15, -0.1) is 0 Å². The number of rotatable bonds is 5. The van der Waals surface area contributed by atoms with Gasteiger partial charge in [-0.2, -0.15) is 11.8 Å². The van der Waals surface area contributed by atoms with E-state index in [0.29, 0.717) is 11.8 Å². The molecule has 1 unspecified atom stereocenters. The third kappa shape index (κ3) is 4.18. The average molecular weight is 258 g/mol. The summed E-state index contributed by atoms with van der Waals surface area (Å²) in [5.41, 5.74) is 5.60. The van der Waals surface area contributed by atoms with Gasteiger partial charge in [0.15, 0.2) is 0 Å². The molecule has 0 aliphatic heterocycles. The first-order valence-corrected chi connectivity index (χ1v) is 7.94. The van der Waals surface area contributed by atoms with Crippen LogP contribution in [0.5, 0.6) is 0 Å². The van der Waals surface area contributed by atoms with Crippen LogP contribution >= 0.6 is 11.8 Å². The maximum absolute atomic E-state index is 12.3. The molecule has 0 bridgehead atoms. The van der Waals surface area contributed by atoms with Crippen molar-refractivity contribution in [1.29, 1.82) is 0 Å². The summed E-state index contributed by atoms with van der Waals surface area (Å²) >= 11 is 1.78. The Kier molecular flexibility index (Phi) is 6.34. The van der Waals surface area contributed by atoms with Crippen molar-refractivity contribution < 1.29 is 4.79 Å².